The molecule has 31 heavy (non-hydrogen) atoms. The van der Waals surface area contributed by atoms with E-state index in [4.69, 9.17) is 9.72 Å². The number of carbonyl (C=O) groups is 1. The molecule has 0 saturated carbocycles. The molecule has 162 valence electrons. The first kappa shape index (κ1) is 21.5. The number of benzene rings is 2. The maximum atomic E-state index is 13.5. The van der Waals surface area contributed by atoms with Crippen LogP contribution in [0.15, 0.2) is 53.9 Å². The summed E-state index contributed by atoms with van der Waals surface area (Å²) in [6.45, 7) is 6.25. The molecular formula is C24H26FN3O2S. The molecule has 4 rings (SSSR count). The zero-order valence-electron chi connectivity index (χ0n) is 17.6. The number of hydrogen-bond donors (Lipinski definition) is 0. The lowest BCUT2D eigenvalue weighted by Crippen LogP contribution is -2.35. The highest BCUT2D eigenvalue weighted by Crippen LogP contribution is 2.18. The molecule has 0 aliphatic carbocycles. The van der Waals surface area contributed by atoms with E-state index in [1.807, 2.05) is 29.2 Å². The lowest BCUT2D eigenvalue weighted by molar-refractivity contribution is 0.0760. The molecule has 0 N–H and O–H groups in total. The summed E-state index contributed by atoms with van der Waals surface area (Å²) in [5, 5.41) is 3.03. The van der Waals surface area contributed by atoms with Crippen molar-refractivity contribution in [3.8, 4) is 5.75 Å². The van der Waals surface area contributed by atoms with Gasteiger partial charge in [0.05, 0.1) is 5.69 Å². The normalized spacial score (nSPS) is 15.0. The van der Waals surface area contributed by atoms with E-state index in [2.05, 4.69) is 17.2 Å². The highest BCUT2D eigenvalue weighted by molar-refractivity contribution is 7.09. The average Bonchev–Trinajstić information content (AvgIpc) is 3.09. The molecule has 2 heterocycles. The zero-order valence-corrected chi connectivity index (χ0v) is 18.4. The van der Waals surface area contributed by atoms with Crippen molar-refractivity contribution < 1.29 is 13.9 Å². The molecule has 5 nitrogen and oxygen atoms in total. The molecule has 7 heteroatoms. The van der Waals surface area contributed by atoms with Gasteiger partial charge in [-0.05, 0) is 43.7 Å². The molecule has 0 radical (unpaired) electrons. The van der Waals surface area contributed by atoms with E-state index >= 15 is 0 Å². The van der Waals surface area contributed by atoms with Crippen molar-refractivity contribution in [3.63, 3.8) is 0 Å². The van der Waals surface area contributed by atoms with Crippen molar-refractivity contribution in [2.75, 3.05) is 26.2 Å². The van der Waals surface area contributed by atoms with E-state index in [0.717, 1.165) is 42.5 Å². The van der Waals surface area contributed by atoms with Crippen LogP contribution in [0.4, 0.5) is 4.39 Å². The van der Waals surface area contributed by atoms with Gasteiger partial charge in [0, 0.05) is 43.7 Å². The molecular weight excluding hydrogens is 413 g/mol. The minimum atomic E-state index is -0.381. The monoisotopic (exact) mass is 439 g/mol. The number of thiazole rings is 1. The van der Waals surface area contributed by atoms with Crippen molar-refractivity contribution in [1.82, 2.24) is 14.8 Å². The quantitative estimate of drug-likeness (QED) is 0.567. The molecule has 1 aliphatic heterocycles. The third kappa shape index (κ3) is 5.89. The van der Waals surface area contributed by atoms with E-state index in [-0.39, 0.29) is 11.7 Å². The maximum absolute atomic E-state index is 13.5. The van der Waals surface area contributed by atoms with Crippen LogP contribution in [0, 0.1) is 12.7 Å². The Labute approximate surface area is 186 Å². The summed E-state index contributed by atoms with van der Waals surface area (Å²) in [4.78, 5) is 21.5. The maximum Gasteiger partial charge on any atom is 0.254 e. The molecule has 1 aromatic heterocycles. The largest absolute Gasteiger partial charge is 0.486 e. The second-order valence-electron chi connectivity index (χ2n) is 7.77. The number of ether oxygens (including phenoxy) is 1. The Balaban J connectivity index is 1.28. The van der Waals surface area contributed by atoms with Crippen molar-refractivity contribution in [1.29, 1.82) is 0 Å². The summed E-state index contributed by atoms with van der Waals surface area (Å²) in [6.07, 6.45) is 0.884. The highest BCUT2D eigenvalue weighted by atomic mass is 32.1. The Morgan fingerprint density at radius 1 is 1.13 bits per heavy atom. The number of amides is 1. The SMILES string of the molecule is Cc1ccc(OCc2nc(CN3CCCN(C(=O)c4cccc(F)c4)CC3)cs2)cc1. The fourth-order valence-electron chi connectivity index (χ4n) is 3.63. The fourth-order valence-corrected chi connectivity index (χ4v) is 4.33. The third-order valence-corrected chi connectivity index (χ3v) is 6.19. The van der Waals surface area contributed by atoms with Crippen molar-refractivity contribution in [2.45, 2.75) is 26.5 Å². The van der Waals surface area contributed by atoms with Gasteiger partial charge in [0.2, 0.25) is 0 Å². The molecule has 1 aliphatic rings. The van der Waals surface area contributed by atoms with Crippen LogP contribution in [0.2, 0.25) is 0 Å². The van der Waals surface area contributed by atoms with E-state index in [1.54, 1.807) is 23.5 Å². The second-order valence-corrected chi connectivity index (χ2v) is 8.71. The first-order valence-corrected chi connectivity index (χ1v) is 11.3. The summed E-state index contributed by atoms with van der Waals surface area (Å²) >= 11 is 1.61. The Hall–Kier alpha value is -2.77. The molecule has 2 aromatic carbocycles. The Kier molecular flexibility index (Phi) is 6.94. The van der Waals surface area contributed by atoms with Crippen molar-refractivity contribution in [2.24, 2.45) is 0 Å². The van der Waals surface area contributed by atoms with Gasteiger partial charge in [0.15, 0.2) is 0 Å². The number of hydrogen-bond acceptors (Lipinski definition) is 5. The molecule has 0 bridgehead atoms. The van der Waals surface area contributed by atoms with Gasteiger partial charge in [0.1, 0.15) is 23.2 Å². The fraction of sp³-hybridized carbons (Fsp3) is 0.333. The van der Waals surface area contributed by atoms with Gasteiger partial charge in [-0.25, -0.2) is 9.37 Å². The van der Waals surface area contributed by atoms with E-state index in [1.165, 1.54) is 17.7 Å². The predicted octanol–water partition coefficient (Wildman–Crippen LogP) is 4.52. The van der Waals surface area contributed by atoms with Crippen LogP contribution < -0.4 is 4.74 Å². The number of rotatable bonds is 6. The highest BCUT2D eigenvalue weighted by Gasteiger charge is 2.21. The molecule has 1 fully saturated rings. The first-order chi connectivity index (χ1) is 15.1. The first-order valence-electron chi connectivity index (χ1n) is 10.5. The van der Waals surface area contributed by atoms with Crippen LogP contribution in [0.1, 0.15) is 33.0 Å². The lowest BCUT2D eigenvalue weighted by Gasteiger charge is -2.21. The van der Waals surface area contributed by atoms with Crippen LogP contribution in [0.25, 0.3) is 0 Å². The number of halogens is 1. The second kappa shape index (κ2) is 10.0. The van der Waals surface area contributed by atoms with Crippen molar-refractivity contribution in [3.05, 3.63) is 81.6 Å². The summed E-state index contributed by atoms with van der Waals surface area (Å²) in [5.74, 6) is 0.358. The van der Waals surface area contributed by atoms with Crippen LogP contribution in [-0.2, 0) is 13.2 Å². The Morgan fingerprint density at radius 2 is 1.97 bits per heavy atom. The van der Waals surface area contributed by atoms with Gasteiger partial charge in [-0.3, -0.25) is 9.69 Å². The molecule has 1 amide bonds. The number of aryl methyl sites for hydroxylation is 1. The number of aromatic nitrogens is 1. The average molecular weight is 440 g/mol. The van der Waals surface area contributed by atoms with Crippen LogP contribution in [-0.4, -0.2) is 46.9 Å². The molecule has 1 saturated heterocycles. The molecule has 0 atom stereocenters. The minimum absolute atomic E-state index is 0.106. The topological polar surface area (TPSA) is 45.7 Å². The van der Waals surface area contributed by atoms with E-state index in [9.17, 15) is 9.18 Å². The van der Waals surface area contributed by atoms with Crippen molar-refractivity contribution >= 4 is 17.2 Å². The summed E-state index contributed by atoms with van der Waals surface area (Å²) in [5.41, 5.74) is 2.64. The smallest absolute Gasteiger partial charge is 0.254 e. The van der Waals surface area contributed by atoms with Gasteiger partial charge in [-0.15, -0.1) is 11.3 Å². The number of nitrogens with zero attached hydrogens (tertiary/aromatic N) is 3. The van der Waals surface area contributed by atoms with Gasteiger partial charge in [-0.1, -0.05) is 23.8 Å². The van der Waals surface area contributed by atoms with Gasteiger partial charge in [-0.2, -0.15) is 0 Å². The zero-order chi connectivity index (χ0) is 21.6. The Morgan fingerprint density at radius 3 is 2.77 bits per heavy atom. The van der Waals surface area contributed by atoms with E-state index in [0.29, 0.717) is 25.3 Å². The molecule has 0 unspecified atom stereocenters. The standard InChI is InChI=1S/C24H26FN3O2S/c1-18-6-8-22(9-7-18)30-16-23-26-21(17-31-23)15-27-10-3-11-28(13-12-27)24(29)19-4-2-5-20(25)14-19/h2,4-9,14,17H,3,10-13,15-16H2,1H3. The Bertz CT molecular complexity index is 1020. The van der Waals surface area contributed by atoms with Gasteiger partial charge in [0.25, 0.3) is 5.91 Å². The number of carbonyl (C=O) groups excluding carboxylic acids is 1. The van der Waals surface area contributed by atoms with Crippen LogP contribution >= 0.6 is 11.3 Å². The molecule has 0 spiro atoms. The van der Waals surface area contributed by atoms with Crippen LogP contribution in [0.5, 0.6) is 5.75 Å². The molecule has 3 aromatic rings. The third-order valence-electron chi connectivity index (χ3n) is 5.32. The van der Waals surface area contributed by atoms with E-state index < -0.39 is 0 Å². The minimum Gasteiger partial charge on any atom is -0.486 e. The van der Waals surface area contributed by atoms with Crippen LogP contribution in [0.3, 0.4) is 0 Å². The summed E-state index contributed by atoms with van der Waals surface area (Å²) < 4.78 is 19.3. The van der Waals surface area contributed by atoms with Gasteiger partial charge < -0.3 is 9.64 Å². The predicted molar refractivity (Wildman–Crippen MR) is 120 cm³/mol. The summed E-state index contributed by atoms with van der Waals surface area (Å²) in [7, 11) is 0. The lowest BCUT2D eigenvalue weighted by atomic mass is 10.2. The van der Waals surface area contributed by atoms with Gasteiger partial charge >= 0.3 is 0 Å². The summed E-state index contributed by atoms with van der Waals surface area (Å²) in [6, 6.07) is 13.9.